The van der Waals surface area contributed by atoms with Crippen LogP contribution in [0.15, 0.2) is 73.4 Å². The van der Waals surface area contributed by atoms with Gasteiger partial charge in [-0.2, -0.15) is 0 Å². The van der Waals surface area contributed by atoms with E-state index in [1.165, 1.54) is 22.3 Å². The quantitative estimate of drug-likeness (QED) is 0.611. The Morgan fingerprint density at radius 2 is 1.89 bits per heavy atom. The fraction of sp³-hybridized carbons (Fsp3) is 0.158. The van der Waals surface area contributed by atoms with E-state index in [4.69, 9.17) is 0 Å². The van der Waals surface area contributed by atoms with Gasteiger partial charge in [0.1, 0.15) is 0 Å². The van der Waals surface area contributed by atoms with Crippen LogP contribution in [0.25, 0.3) is 11.1 Å². The van der Waals surface area contributed by atoms with Gasteiger partial charge in [-0.05, 0) is 42.0 Å². The van der Waals surface area contributed by atoms with Crippen molar-refractivity contribution in [2.75, 3.05) is 0 Å². The van der Waals surface area contributed by atoms with Crippen molar-refractivity contribution >= 4 is 11.1 Å². The molecule has 1 aliphatic carbocycles. The van der Waals surface area contributed by atoms with Gasteiger partial charge in [-0.1, -0.05) is 73.4 Å². The molecule has 0 spiro atoms. The lowest BCUT2D eigenvalue weighted by atomic mass is 9.93. The zero-order valence-corrected chi connectivity index (χ0v) is 11.5. The Morgan fingerprint density at radius 3 is 2.47 bits per heavy atom. The van der Waals surface area contributed by atoms with Crippen molar-refractivity contribution in [2.24, 2.45) is 0 Å². The van der Waals surface area contributed by atoms with Crippen LogP contribution >= 0.6 is 0 Å². The second-order valence-electron chi connectivity index (χ2n) is 4.80. The first-order chi connectivity index (χ1) is 9.24. The summed E-state index contributed by atoms with van der Waals surface area (Å²) < 4.78 is 0. The van der Waals surface area contributed by atoms with Gasteiger partial charge in [0, 0.05) is 0 Å². The van der Waals surface area contributed by atoms with Crippen LogP contribution in [0.2, 0.25) is 0 Å². The van der Waals surface area contributed by atoms with Crippen molar-refractivity contribution < 1.29 is 0 Å². The molecule has 0 fully saturated rings. The van der Waals surface area contributed by atoms with Crippen LogP contribution in [-0.4, -0.2) is 0 Å². The Morgan fingerprint density at radius 1 is 1.16 bits per heavy atom. The molecule has 0 aromatic heterocycles. The fourth-order valence-corrected chi connectivity index (χ4v) is 2.37. The lowest BCUT2D eigenvalue weighted by molar-refractivity contribution is 1.03. The van der Waals surface area contributed by atoms with Gasteiger partial charge in [0.25, 0.3) is 0 Å². The summed E-state index contributed by atoms with van der Waals surface area (Å²) in [7, 11) is 0. The summed E-state index contributed by atoms with van der Waals surface area (Å²) in [6, 6.07) is 8.70. The van der Waals surface area contributed by atoms with Crippen molar-refractivity contribution in [1.29, 1.82) is 0 Å². The Bertz CT molecular complexity index is 563. The van der Waals surface area contributed by atoms with E-state index in [-0.39, 0.29) is 0 Å². The smallest absolute Gasteiger partial charge is 0.0184 e. The minimum atomic E-state index is 1.11. The van der Waals surface area contributed by atoms with Gasteiger partial charge in [-0.15, -0.1) is 0 Å². The van der Waals surface area contributed by atoms with E-state index in [2.05, 4.69) is 56.5 Å². The maximum absolute atomic E-state index is 3.84. The third-order valence-corrected chi connectivity index (χ3v) is 3.39. The minimum Gasteiger partial charge on any atom is -0.0990 e. The largest absolute Gasteiger partial charge is 0.0990 e. The molecule has 0 radical (unpaired) electrons. The Balaban J connectivity index is 2.28. The highest BCUT2D eigenvalue weighted by atomic mass is 14.1. The molecule has 1 aromatic carbocycles. The van der Waals surface area contributed by atoms with Gasteiger partial charge in [-0.3, -0.25) is 0 Å². The molecular weight excluding hydrogens is 228 g/mol. The van der Waals surface area contributed by atoms with E-state index in [9.17, 15) is 0 Å². The second kappa shape index (κ2) is 6.19. The molecule has 1 aromatic rings. The summed E-state index contributed by atoms with van der Waals surface area (Å²) in [6.45, 7) is 9.74. The standard InChI is InChI=1S/C19H20/c1-4-7-16(5-2)17-10-12-18(13-11-17)19-9-6-8-15(3)14-19/h4-5,7-8,10-14H,1-2,6,9H2,3H3/b16-7+. The van der Waals surface area contributed by atoms with Crippen LogP contribution in [-0.2, 0) is 0 Å². The normalized spacial score (nSPS) is 15.5. The number of rotatable bonds is 4. The summed E-state index contributed by atoms with van der Waals surface area (Å²) in [6.07, 6.45) is 12.5. The summed E-state index contributed by atoms with van der Waals surface area (Å²) in [5.74, 6) is 0. The van der Waals surface area contributed by atoms with E-state index < -0.39 is 0 Å². The first kappa shape index (κ1) is 13.4. The Hall–Kier alpha value is -2.08. The third kappa shape index (κ3) is 3.23. The zero-order chi connectivity index (χ0) is 13.7. The molecule has 0 bridgehead atoms. The van der Waals surface area contributed by atoms with Gasteiger partial charge in [0.05, 0.1) is 0 Å². The molecule has 0 nitrogen and oxygen atoms in total. The highest BCUT2D eigenvalue weighted by Crippen LogP contribution is 2.27. The van der Waals surface area contributed by atoms with Crippen molar-refractivity contribution in [1.82, 2.24) is 0 Å². The molecule has 0 heterocycles. The lowest BCUT2D eigenvalue weighted by Gasteiger charge is -2.12. The molecule has 0 atom stereocenters. The number of allylic oxidation sites excluding steroid dienone is 8. The monoisotopic (exact) mass is 248 g/mol. The van der Waals surface area contributed by atoms with Gasteiger partial charge in [0.2, 0.25) is 0 Å². The molecule has 0 heteroatoms. The molecule has 0 saturated heterocycles. The second-order valence-corrected chi connectivity index (χ2v) is 4.80. The van der Waals surface area contributed by atoms with E-state index in [1.54, 1.807) is 6.08 Å². The molecule has 0 saturated carbocycles. The third-order valence-electron chi connectivity index (χ3n) is 3.39. The van der Waals surface area contributed by atoms with E-state index in [1.807, 2.05) is 12.2 Å². The average Bonchev–Trinajstić information content (AvgIpc) is 2.45. The summed E-state index contributed by atoms with van der Waals surface area (Å²) >= 11 is 0. The van der Waals surface area contributed by atoms with Gasteiger partial charge in [-0.25, -0.2) is 0 Å². The summed E-state index contributed by atoms with van der Waals surface area (Å²) in [4.78, 5) is 0. The van der Waals surface area contributed by atoms with Crippen molar-refractivity contribution in [3.05, 3.63) is 84.5 Å². The Kier molecular flexibility index (Phi) is 4.35. The van der Waals surface area contributed by atoms with Crippen molar-refractivity contribution in [3.8, 4) is 0 Å². The SMILES string of the molecule is C=C/C=C(\C=C)c1ccc(C2=CC(C)=CCC2)cc1. The molecule has 96 valence electrons. The minimum absolute atomic E-state index is 1.11. The van der Waals surface area contributed by atoms with Gasteiger partial charge >= 0.3 is 0 Å². The highest BCUT2D eigenvalue weighted by molar-refractivity contribution is 5.77. The Labute approximate surface area is 116 Å². The van der Waals surface area contributed by atoms with Gasteiger partial charge in [0.15, 0.2) is 0 Å². The number of benzene rings is 1. The predicted molar refractivity (Wildman–Crippen MR) is 85.8 cm³/mol. The molecule has 19 heavy (non-hydrogen) atoms. The van der Waals surface area contributed by atoms with Crippen LogP contribution in [0.1, 0.15) is 30.9 Å². The maximum atomic E-state index is 3.84. The molecule has 0 N–H and O–H groups in total. The number of hydrogen-bond donors (Lipinski definition) is 0. The molecule has 0 unspecified atom stereocenters. The van der Waals surface area contributed by atoms with Crippen LogP contribution in [0.3, 0.4) is 0 Å². The maximum Gasteiger partial charge on any atom is -0.0184 e. The van der Waals surface area contributed by atoms with Crippen molar-refractivity contribution in [2.45, 2.75) is 19.8 Å². The van der Waals surface area contributed by atoms with E-state index >= 15 is 0 Å². The van der Waals surface area contributed by atoms with Crippen LogP contribution in [0.4, 0.5) is 0 Å². The highest BCUT2D eigenvalue weighted by Gasteiger charge is 2.06. The van der Waals surface area contributed by atoms with Crippen LogP contribution < -0.4 is 0 Å². The summed E-state index contributed by atoms with van der Waals surface area (Å²) in [5.41, 5.74) is 6.40. The first-order valence-corrected chi connectivity index (χ1v) is 6.68. The summed E-state index contributed by atoms with van der Waals surface area (Å²) in [5, 5.41) is 0. The molecule has 2 rings (SSSR count). The van der Waals surface area contributed by atoms with E-state index in [0.29, 0.717) is 0 Å². The molecule has 0 amide bonds. The molecular formula is C19H20. The van der Waals surface area contributed by atoms with Crippen LogP contribution in [0, 0.1) is 0 Å². The molecule has 0 aliphatic heterocycles. The number of hydrogen-bond acceptors (Lipinski definition) is 0. The lowest BCUT2D eigenvalue weighted by Crippen LogP contribution is -1.91. The van der Waals surface area contributed by atoms with Gasteiger partial charge < -0.3 is 0 Å². The zero-order valence-electron chi connectivity index (χ0n) is 11.5. The van der Waals surface area contributed by atoms with E-state index in [0.717, 1.165) is 18.4 Å². The fourth-order valence-electron chi connectivity index (χ4n) is 2.37. The predicted octanol–water partition coefficient (Wildman–Crippen LogP) is 5.57. The first-order valence-electron chi connectivity index (χ1n) is 6.68. The van der Waals surface area contributed by atoms with Crippen molar-refractivity contribution in [3.63, 3.8) is 0 Å². The topological polar surface area (TPSA) is 0 Å². The average molecular weight is 248 g/mol. The van der Waals surface area contributed by atoms with Crippen LogP contribution in [0.5, 0.6) is 0 Å². The molecule has 1 aliphatic rings.